The van der Waals surface area contributed by atoms with E-state index < -0.39 is 0 Å². The van der Waals surface area contributed by atoms with Crippen LogP contribution in [0.15, 0.2) is 188 Å². The van der Waals surface area contributed by atoms with Crippen LogP contribution in [0, 0.1) is 6.92 Å². The van der Waals surface area contributed by atoms with Gasteiger partial charge >= 0.3 is 0 Å². The number of amidine groups is 1. The van der Waals surface area contributed by atoms with E-state index in [4.69, 9.17) is 22.9 Å². The number of rotatable bonds is 9. The number of fused-ring (bicyclic) bond motifs is 1. The van der Waals surface area contributed by atoms with Gasteiger partial charge in [0.1, 0.15) is 5.84 Å². The molecule has 55 heavy (non-hydrogen) atoms. The Kier molecular flexibility index (Phi) is 16.9. The summed E-state index contributed by atoms with van der Waals surface area (Å²) in [6, 6.07) is 57.3. The van der Waals surface area contributed by atoms with Gasteiger partial charge in [-0.3, -0.25) is 4.99 Å². The van der Waals surface area contributed by atoms with Crippen LogP contribution in [0.2, 0.25) is 0 Å². The minimum absolute atomic E-state index is 0.577. The van der Waals surface area contributed by atoms with Crippen molar-refractivity contribution in [3.63, 3.8) is 0 Å². The highest BCUT2D eigenvalue weighted by molar-refractivity contribution is 6.02. The fourth-order valence-corrected chi connectivity index (χ4v) is 5.62. The number of para-hydroxylation sites is 1. The molecule has 0 fully saturated rings. The number of allylic oxidation sites excluding steroid dienone is 1. The Labute approximate surface area is 327 Å². The van der Waals surface area contributed by atoms with Crippen LogP contribution in [0.1, 0.15) is 34.7 Å². The number of aliphatic imine (C=N–C) groups is 1. The van der Waals surface area contributed by atoms with Gasteiger partial charge in [0.15, 0.2) is 0 Å². The lowest BCUT2D eigenvalue weighted by molar-refractivity contribution is 1.06. The highest BCUT2D eigenvalue weighted by atomic mass is 14.9. The molecule has 6 heteroatoms. The molecule has 0 amide bonds. The van der Waals surface area contributed by atoms with E-state index in [2.05, 4.69) is 90.5 Å². The average molecular weight is 727 g/mol. The van der Waals surface area contributed by atoms with E-state index in [9.17, 15) is 0 Å². The number of anilines is 3. The lowest BCUT2D eigenvalue weighted by atomic mass is 9.99. The highest BCUT2D eigenvalue weighted by Gasteiger charge is 2.09. The summed E-state index contributed by atoms with van der Waals surface area (Å²) >= 11 is 0. The molecule has 7 aromatic carbocycles. The molecule has 6 nitrogen and oxygen atoms in total. The van der Waals surface area contributed by atoms with E-state index in [-0.39, 0.29) is 0 Å². The standard InChI is InChI=1S/C21H20N2.C19H18N2.C7H9N.C2H7N/c1-16-7-11-18(12-8-16)19-13-9-17(10-14-19)15-23-21(22)20-5-3-2-4-6-20;1-2-8-14-13-18(21-15-9-4-3-5-10-15)19(20)17-12-7-6-11-16(14)17;8-6-7-4-2-1-3-5-7;1-2-3/h2-14H,15H2,1H3,(H2,22,23);2-7,9-13,21H,1,8,20H2;1-5H,6,8H2;2-3H2,1H3. The molecule has 7 aromatic rings. The van der Waals surface area contributed by atoms with Gasteiger partial charge in [-0.25, -0.2) is 0 Å². The maximum Gasteiger partial charge on any atom is 0.125 e. The van der Waals surface area contributed by atoms with Gasteiger partial charge in [0.25, 0.3) is 0 Å². The SMILES string of the molecule is C=CCc1cc(Nc2ccccc2)c(N)c2ccccc12.CCN.Cc1ccc(-c2ccc(CN=C(N)c3ccccc3)cc2)cc1.NCc1ccccc1. The van der Waals surface area contributed by atoms with Gasteiger partial charge < -0.3 is 28.3 Å². The van der Waals surface area contributed by atoms with Crippen LogP contribution in [0.5, 0.6) is 0 Å². The molecular weight excluding hydrogens is 673 g/mol. The Morgan fingerprint density at radius 3 is 1.71 bits per heavy atom. The summed E-state index contributed by atoms with van der Waals surface area (Å²) in [7, 11) is 0. The molecule has 0 aliphatic heterocycles. The fourth-order valence-electron chi connectivity index (χ4n) is 5.62. The summed E-state index contributed by atoms with van der Waals surface area (Å²) in [5, 5.41) is 5.67. The van der Waals surface area contributed by atoms with Gasteiger partial charge in [0.2, 0.25) is 0 Å². The van der Waals surface area contributed by atoms with Crippen molar-refractivity contribution in [3.05, 3.63) is 210 Å². The average Bonchev–Trinajstić information content (AvgIpc) is 3.24. The third kappa shape index (κ3) is 13.2. The van der Waals surface area contributed by atoms with E-state index in [1.54, 1.807) is 0 Å². The Morgan fingerprint density at radius 2 is 1.16 bits per heavy atom. The van der Waals surface area contributed by atoms with E-state index in [0.717, 1.165) is 46.5 Å². The number of nitrogens with one attached hydrogen (secondary N) is 1. The molecule has 0 aliphatic rings. The number of nitrogens with two attached hydrogens (primary N) is 4. The first-order valence-electron chi connectivity index (χ1n) is 18.5. The van der Waals surface area contributed by atoms with Crippen molar-refractivity contribution in [1.82, 2.24) is 0 Å². The first-order chi connectivity index (χ1) is 26.9. The summed E-state index contributed by atoms with van der Waals surface area (Å²) < 4.78 is 0. The van der Waals surface area contributed by atoms with Crippen molar-refractivity contribution in [2.45, 2.75) is 33.4 Å². The van der Waals surface area contributed by atoms with Gasteiger partial charge in [-0.05, 0) is 71.3 Å². The minimum Gasteiger partial charge on any atom is -0.397 e. The normalized spacial score (nSPS) is 10.4. The number of hydrogen-bond donors (Lipinski definition) is 5. The van der Waals surface area contributed by atoms with Crippen LogP contribution in [-0.2, 0) is 19.5 Å². The predicted molar refractivity (Wildman–Crippen MR) is 239 cm³/mol. The number of hydrogen-bond acceptors (Lipinski definition) is 5. The van der Waals surface area contributed by atoms with Crippen molar-refractivity contribution in [2.24, 2.45) is 22.2 Å². The molecule has 280 valence electrons. The summed E-state index contributed by atoms with van der Waals surface area (Å²) in [6.45, 7) is 9.83. The van der Waals surface area contributed by atoms with E-state index in [1.807, 2.05) is 116 Å². The second-order valence-electron chi connectivity index (χ2n) is 12.8. The van der Waals surface area contributed by atoms with Crippen LogP contribution in [0.25, 0.3) is 21.9 Å². The molecule has 0 aliphatic carbocycles. The Morgan fingerprint density at radius 1 is 0.655 bits per heavy atom. The second kappa shape index (κ2) is 22.6. The second-order valence-corrected chi connectivity index (χ2v) is 12.8. The molecule has 0 atom stereocenters. The molecule has 0 heterocycles. The third-order valence-corrected chi connectivity index (χ3v) is 8.51. The molecular formula is C49H54N6. The van der Waals surface area contributed by atoms with Crippen molar-refractivity contribution in [2.75, 3.05) is 17.6 Å². The molecule has 0 spiro atoms. The van der Waals surface area contributed by atoms with E-state index >= 15 is 0 Å². The minimum atomic E-state index is 0.577. The zero-order valence-electron chi connectivity index (χ0n) is 32.0. The number of nitrogens with zero attached hydrogens (tertiary/aromatic N) is 1. The van der Waals surface area contributed by atoms with E-state index in [0.29, 0.717) is 18.9 Å². The molecule has 0 unspecified atom stereocenters. The lowest BCUT2D eigenvalue weighted by Gasteiger charge is -2.15. The molecule has 0 bridgehead atoms. The Hall–Kier alpha value is -6.47. The molecule has 0 saturated heterocycles. The van der Waals surface area contributed by atoms with Crippen LogP contribution in [0.4, 0.5) is 17.1 Å². The summed E-state index contributed by atoms with van der Waals surface area (Å²) in [4.78, 5) is 4.47. The molecule has 0 aromatic heterocycles. The predicted octanol–water partition coefficient (Wildman–Crippen LogP) is 10.6. The monoisotopic (exact) mass is 726 g/mol. The Balaban J connectivity index is 0.000000193. The van der Waals surface area contributed by atoms with Crippen molar-refractivity contribution in [1.29, 1.82) is 0 Å². The van der Waals surface area contributed by atoms with Gasteiger partial charge in [-0.1, -0.05) is 170 Å². The highest BCUT2D eigenvalue weighted by Crippen LogP contribution is 2.34. The zero-order valence-corrected chi connectivity index (χ0v) is 32.0. The largest absolute Gasteiger partial charge is 0.397 e. The van der Waals surface area contributed by atoms with Gasteiger partial charge in [0, 0.05) is 23.2 Å². The maximum atomic E-state index is 6.34. The van der Waals surface area contributed by atoms with E-state index in [1.165, 1.54) is 33.2 Å². The van der Waals surface area contributed by atoms with Crippen LogP contribution < -0.4 is 28.3 Å². The topological polar surface area (TPSA) is 128 Å². The number of benzene rings is 7. The third-order valence-electron chi connectivity index (χ3n) is 8.51. The summed E-state index contributed by atoms with van der Waals surface area (Å²) in [5.41, 5.74) is 33.6. The lowest BCUT2D eigenvalue weighted by Crippen LogP contribution is -2.13. The van der Waals surface area contributed by atoms with Crippen molar-refractivity contribution >= 4 is 33.7 Å². The smallest absolute Gasteiger partial charge is 0.125 e. The van der Waals surface area contributed by atoms with Gasteiger partial charge in [-0.2, -0.15) is 0 Å². The number of aryl methyl sites for hydroxylation is 1. The summed E-state index contributed by atoms with van der Waals surface area (Å²) in [5.74, 6) is 0.577. The van der Waals surface area contributed by atoms with Gasteiger partial charge in [0.05, 0.1) is 17.9 Å². The van der Waals surface area contributed by atoms with Crippen LogP contribution >= 0.6 is 0 Å². The first-order valence-corrected chi connectivity index (χ1v) is 18.5. The van der Waals surface area contributed by atoms with Crippen LogP contribution in [-0.4, -0.2) is 12.4 Å². The molecule has 0 radical (unpaired) electrons. The quantitative estimate of drug-likeness (QED) is 0.0438. The summed E-state index contributed by atoms with van der Waals surface area (Å²) in [6.07, 6.45) is 2.74. The van der Waals surface area contributed by atoms with Crippen molar-refractivity contribution < 1.29 is 0 Å². The molecule has 0 saturated carbocycles. The molecule has 7 rings (SSSR count). The van der Waals surface area contributed by atoms with Crippen molar-refractivity contribution in [3.8, 4) is 11.1 Å². The molecule has 9 N–H and O–H groups in total. The number of nitrogen functional groups attached to an aromatic ring is 1. The zero-order chi connectivity index (χ0) is 39.3. The fraction of sp³-hybridized carbons (Fsp3) is 0.122. The van der Waals surface area contributed by atoms with Gasteiger partial charge in [-0.15, -0.1) is 6.58 Å². The first kappa shape index (κ1) is 41.3. The Bertz CT molecular complexity index is 2180. The maximum absolute atomic E-state index is 6.34. The van der Waals surface area contributed by atoms with Crippen LogP contribution in [0.3, 0.4) is 0 Å².